The second-order valence-electron chi connectivity index (χ2n) is 2.82. The predicted octanol–water partition coefficient (Wildman–Crippen LogP) is 0.767. The van der Waals surface area contributed by atoms with Gasteiger partial charge in [-0.15, -0.1) is 0 Å². The SMILES string of the molecule is NOCCc1cnn2ccccc12. The van der Waals surface area contributed by atoms with Gasteiger partial charge in [-0.3, -0.25) is 0 Å². The van der Waals surface area contributed by atoms with E-state index in [1.165, 1.54) is 0 Å². The van der Waals surface area contributed by atoms with Crippen molar-refractivity contribution in [2.24, 2.45) is 5.90 Å². The summed E-state index contributed by atoms with van der Waals surface area (Å²) in [7, 11) is 0. The van der Waals surface area contributed by atoms with Crippen LogP contribution in [0.3, 0.4) is 0 Å². The Hall–Kier alpha value is -1.39. The molecule has 0 saturated carbocycles. The molecule has 0 atom stereocenters. The van der Waals surface area contributed by atoms with Crippen LogP contribution < -0.4 is 5.90 Å². The molecule has 0 aromatic carbocycles. The van der Waals surface area contributed by atoms with Crippen LogP contribution in [0, 0.1) is 0 Å². The molecular formula is C9H11N3O. The molecule has 0 bridgehead atoms. The van der Waals surface area contributed by atoms with Gasteiger partial charge in [-0.2, -0.15) is 5.10 Å². The highest BCUT2D eigenvalue weighted by Gasteiger charge is 2.01. The minimum Gasteiger partial charge on any atom is -0.304 e. The lowest BCUT2D eigenvalue weighted by Crippen LogP contribution is -2.03. The van der Waals surface area contributed by atoms with E-state index in [2.05, 4.69) is 9.94 Å². The fourth-order valence-electron chi connectivity index (χ4n) is 1.35. The normalized spacial score (nSPS) is 10.8. The average molecular weight is 177 g/mol. The van der Waals surface area contributed by atoms with E-state index in [9.17, 15) is 0 Å². The first-order valence-corrected chi connectivity index (χ1v) is 4.15. The molecule has 2 aromatic heterocycles. The van der Waals surface area contributed by atoms with Gasteiger partial charge < -0.3 is 4.84 Å². The number of fused-ring (bicyclic) bond motifs is 1. The maximum Gasteiger partial charge on any atom is 0.0720 e. The van der Waals surface area contributed by atoms with Gasteiger partial charge in [0, 0.05) is 18.2 Å². The highest BCUT2D eigenvalue weighted by Crippen LogP contribution is 2.09. The molecule has 4 heteroatoms. The molecule has 0 fully saturated rings. The van der Waals surface area contributed by atoms with Gasteiger partial charge in [0.1, 0.15) is 0 Å². The predicted molar refractivity (Wildman–Crippen MR) is 49.0 cm³/mol. The molecular weight excluding hydrogens is 166 g/mol. The molecule has 0 saturated heterocycles. The summed E-state index contributed by atoms with van der Waals surface area (Å²) in [6.45, 7) is 0.524. The number of rotatable bonds is 3. The van der Waals surface area contributed by atoms with Crippen LogP contribution >= 0.6 is 0 Å². The molecule has 68 valence electrons. The Balaban J connectivity index is 2.35. The van der Waals surface area contributed by atoms with E-state index in [1.54, 1.807) is 0 Å². The highest BCUT2D eigenvalue weighted by molar-refractivity contribution is 5.53. The van der Waals surface area contributed by atoms with Crippen molar-refractivity contribution in [3.8, 4) is 0 Å². The first kappa shape index (κ1) is 8.22. The molecule has 4 nitrogen and oxygen atoms in total. The third-order valence-electron chi connectivity index (χ3n) is 2.00. The minimum absolute atomic E-state index is 0.524. The lowest BCUT2D eigenvalue weighted by molar-refractivity contribution is 0.141. The van der Waals surface area contributed by atoms with Gasteiger partial charge in [0.25, 0.3) is 0 Å². The van der Waals surface area contributed by atoms with Crippen molar-refractivity contribution in [1.82, 2.24) is 9.61 Å². The van der Waals surface area contributed by atoms with Gasteiger partial charge in [0.2, 0.25) is 0 Å². The molecule has 2 aromatic rings. The summed E-state index contributed by atoms with van der Waals surface area (Å²) >= 11 is 0. The standard InChI is InChI=1S/C9H11N3O/c10-13-6-4-8-7-11-12-5-2-1-3-9(8)12/h1-3,5,7H,4,6,10H2. The lowest BCUT2D eigenvalue weighted by Gasteiger charge is -1.96. The van der Waals surface area contributed by atoms with E-state index in [-0.39, 0.29) is 0 Å². The molecule has 2 N–H and O–H groups in total. The highest BCUT2D eigenvalue weighted by atomic mass is 16.6. The maximum absolute atomic E-state index is 4.96. The van der Waals surface area contributed by atoms with Gasteiger partial charge in [-0.25, -0.2) is 10.4 Å². The number of hydrogen-bond donors (Lipinski definition) is 1. The Morgan fingerprint density at radius 3 is 3.23 bits per heavy atom. The Labute approximate surface area is 75.9 Å². The van der Waals surface area contributed by atoms with Crippen molar-refractivity contribution >= 4 is 5.52 Å². The van der Waals surface area contributed by atoms with Gasteiger partial charge in [0.05, 0.1) is 18.3 Å². The van der Waals surface area contributed by atoms with Crippen LogP contribution in [0.15, 0.2) is 30.6 Å². The zero-order valence-corrected chi connectivity index (χ0v) is 7.18. The quantitative estimate of drug-likeness (QED) is 0.704. The van der Waals surface area contributed by atoms with E-state index in [1.807, 2.05) is 35.1 Å². The Morgan fingerprint density at radius 1 is 1.46 bits per heavy atom. The van der Waals surface area contributed by atoms with Crippen LogP contribution in [0.2, 0.25) is 0 Å². The van der Waals surface area contributed by atoms with Crippen LogP contribution in [0.1, 0.15) is 5.56 Å². The Kier molecular flexibility index (Phi) is 2.25. The summed E-state index contributed by atoms with van der Waals surface area (Å²) in [4.78, 5) is 4.53. The smallest absolute Gasteiger partial charge is 0.0720 e. The molecule has 2 rings (SSSR count). The Morgan fingerprint density at radius 2 is 2.38 bits per heavy atom. The minimum atomic E-state index is 0.524. The topological polar surface area (TPSA) is 52.5 Å². The molecule has 0 unspecified atom stereocenters. The van der Waals surface area contributed by atoms with E-state index >= 15 is 0 Å². The number of nitrogens with zero attached hydrogens (tertiary/aromatic N) is 2. The summed E-state index contributed by atoms with van der Waals surface area (Å²) in [5.41, 5.74) is 2.27. The second kappa shape index (κ2) is 3.55. The monoisotopic (exact) mass is 177 g/mol. The zero-order valence-electron chi connectivity index (χ0n) is 7.18. The summed E-state index contributed by atoms with van der Waals surface area (Å²) < 4.78 is 1.84. The van der Waals surface area contributed by atoms with E-state index < -0.39 is 0 Å². The van der Waals surface area contributed by atoms with Crippen LogP contribution in [-0.2, 0) is 11.3 Å². The van der Waals surface area contributed by atoms with Crippen molar-refractivity contribution in [2.45, 2.75) is 6.42 Å². The molecule has 0 aliphatic rings. The fourth-order valence-corrected chi connectivity index (χ4v) is 1.35. The van der Waals surface area contributed by atoms with Crippen LogP contribution in [-0.4, -0.2) is 16.2 Å². The van der Waals surface area contributed by atoms with Crippen LogP contribution in [0.25, 0.3) is 5.52 Å². The van der Waals surface area contributed by atoms with E-state index in [0.29, 0.717) is 6.61 Å². The summed E-state index contributed by atoms with van der Waals surface area (Å²) in [6, 6.07) is 5.96. The average Bonchev–Trinajstić information content (AvgIpc) is 2.58. The molecule has 0 radical (unpaired) electrons. The third-order valence-corrected chi connectivity index (χ3v) is 2.00. The van der Waals surface area contributed by atoms with Crippen molar-refractivity contribution in [1.29, 1.82) is 0 Å². The first-order chi connectivity index (χ1) is 6.42. The molecule has 0 aliphatic heterocycles. The molecule has 2 heterocycles. The maximum atomic E-state index is 4.96. The largest absolute Gasteiger partial charge is 0.304 e. The summed E-state index contributed by atoms with van der Waals surface area (Å²) in [5.74, 6) is 4.96. The van der Waals surface area contributed by atoms with E-state index in [0.717, 1.165) is 17.5 Å². The first-order valence-electron chi connectivity index (χ1n) is 4.15. The Bertz CT molecular complexity index is 396. The summed E-state index contributed by atoms with van der Waals surface area (Å²) in [5, 5.41) is 4.19. The molecule has 0 spiro atoms. The van der Waals surface area contributed by atoms with Crippen molar-refractivity contribution in [2.75, 3.05) is 6.61 Å². The van der Waals surface area contributed by atoms with E-state index in [4.69, 9.17) is 5.90 Å². The van der Waals surface area contributed by atoms with Gasteiger partial charge in [-0.1, -0.05) is 6.07 Å². The van der Waals surface area contributed by atoms with Crippen molar-refractivity contribution in [3.05, 3.63) is 36.2 Å². The molecule has 13 heavy (non-hydrogen) atoms. The third kappa shape index (κ3) is 1.54. The number of aromatic nitrogens is 2. The zero-order chi connectivity index (χ0) is 9.10. The fraction of sp³-hybridized carbons (Fsp3) is 0.222. The van der Waals surface area contributed by atoms with Gasteiger partial charge >= 0.3 is 0 Å². The van der Waals surface area contributed by atoms with Crippen molar-refractivity contribution < 1.29 is 4.84 Å². The second-order valence-corrected chi connectivity index (χ2v) is 2.82. The number of nitrogens with two attached hydrogens (primary N) is 1. The van der Waals surface area contributed by atoms with Gasteiger partial charge in [0.15, 0.2) is 0 Å². The van der Waals surface area contributed by atoms with Gasteiger partial charge in [-0.05, 0) is 12.1 Å². The molecule has 0 amide bonds. The number of hydrogen-bond acceptors (Lipinski definition) is 3. The van der Waals surface area contributed by atoms with Crippen molar-refractivity contribution in [3.63, 3.8) is 0 Å². The van der Waals surface area contributed by atoms with Crippen LogP contribution in [0.5, 0.6) is 0 Å². The number of pyridine rings is 1. The lowest BCUT2D eigenvalue weighted by atomic mass is 10.2. The van der Waals surface area contributed by atoms with Crippen LogP contribution in [0.4, 0.5) is 0 Å². The molecule has 0 aliphatic carbocycles. The summed E-state index contributed by atoms with van der Waals surface area (Å²) in [6.07, 6.45) is 4.56.